The molecule has 1 N–H and O–H groups in total. The first-order chi connectivity index (χ1) is 8.08. The summed E-state index contributed by atoms with van der Waals surface area (Å²) in [6.45, 7) is 1.04. The van der Waals surface area contributed by atoms with Gasteiger partial charge in [0.25, 0.3) is 0 Å². The Balaban J connectivity index is 1.94. The average Bonchev–Trinajstić information content (AvgIpc) is 2.89. The summed E-state index contributed by atoms with van der Waals surface area (Å²) in [6, 6.07) is 0. The molecule has 6 heteroatoms. The van der Waals surface area contributed by atoms with E-state index in [1.807, 2.05) is 0 Å². The van der Waals surface area contributed by atoms with Crippen molar-refractivity contribution < 1.29 is 9.59 Å². The van der Waals surface area contributed by atoms with Crippen molar-refractivity contribution in [2.24, 2.45) is 5.92 Å². The molecule has 2 heterocycles. The predicted molar refractivity (Wildman–Crippen MR) is 60.8 cm³/mol. The molecule has 0 bridgehead atoms. The van der Waals surface area contributed by atoms with Gasteiger partial charge in [-0.1, -0.05) is 0 Å². The van der Waals surface area contributed by atoms with Crippen molar-refractivity contribution in [2.45, 2.75) is 13.0 Å². The highest BCUT2D eigenvalue weighted by Gasteiger charge is 2.33. The van der Waals surface area contributed by atoms with Gasteiger partial charge in [-0.3, -0.25) is 14.7 Å². The maximum absolute atomic E-state index is 12.1. The number of hydrogen-bond acceptors (Lipinski definition) is 3. The summed E-state index contributed by atoms with van der Waals surface area (Å²) in [6.07, 6.45) is 3.77. The molecule has 2 rings (SSSR count). The van der Waals surface area contributed by atoms with Gasteiger partial charge in [-0.15, -0.1) is 0 Å². The number of carbonyl (C=O) groups is 2. The van der Waals surface area contributed by atoms with Gasteiger partial charge in [-0.2, -0.15) is 5.10 Å². The summed E-state index contributed by atoms with van der Waals surface area (Å²) in [7, 11) is 3.48. The second-order valence-corrected chi connectivity index (χ2v) is 4.48. The van der Waals surface area contributed by atoms with Gasteiger partial charge in [0.1, 0.15) is 0 Å². The molecule has 1 fully saturated rings. The van der Waals surface area contributed by atoms with Gasteiger partial charge in [0, 0.05) is 45.4 Å². The van der Waals surface area contributed by atoms with Gasteiger partial charge < -0.3 is 9.80 Å². The fourth-order valence-corrected chi connectivity index (χ4v) is 2.06. The summed E-state index contributed by atoms with van der Waals surface area (Å²) in [5, 5.41) is 6.54. The molecule has 0 aromatic carbocycles. The lowest BCUT2D eigenvalue weighted by Crippen LogP contribution is -2.33. The molecule has 1 atom stereocenters. The first-order valence-electron chi connectivity index (χ1n) is 5.54. The Morgan fingerprint density at radius 2 is 2.47 bits per heavy atom. The first-order valence-corrected chi connectivity index (χ1v) is 5.54. The van der Waals surface area contributed by atoms with Crippen LogP contribution in [0.1, 0.15) is 12.0 Å². The quantitative estimate of drug-likeness (QED) is 0.793. The van der Waals surface area contributed by atoms with Crippen molar-refractivity contribution in [3.63, 3.8) is 0 Å². The SMILES string of the molecule is CN1CC(C(=O)N(C)Cc2cn[nH]c2)CC1=O. The van der Waals surface area contributed by atoms with E-state index in [0.717, 1.165) is 5.56 Å². The van der Waals surface area contributed by atoms with Crippen molar-refractivity contribution in [3.05, 3.63) is 18.0 Å². The van der Waals surface area contributed by atoms with Crippen molar-refractivity contribution in [3.8, 4) is 0 Å². The van der Waals surface area contributed by atoms with Crippen LogP contribution in [0.3, 0.4) is 0 Å². The zero-order valence-electron chi connectivity index (χ0n) is 10.0. The number of nitrogens with zero attached hydrogens (tertiary/aromatic N) is 3. The molecule has 92 valence electrons. The lowest BCUT2D eigenvalue weighted by Gasteiger charge is -2.19. The van der Waals surface area contributed by atoms with Gasteiger partial charge in [0.05, 0.1) is 12.1 Å². The van der Waals surface area contributed by atoms with Crippen LogP contribution in [0, 0.1) is 5.92 Å². The van der Waals surface area contributed by atoms with E-state index in [1.165, 1.54) is 0 Å². The molecule has 1 aliphatic rings. The minimum Gasteiger partial charge on any atom is -0.345 e. The van der Waals surface area contributed by atoms with Gasteiger partial charge in [-0.25, -0.2) is 0 Å². The second kappa shape index (κ2) is 4.57. The Morgan fingerprint density at radius 3 is 3.00 bits per heavy atom. The molecule has 17 heavy (non-hydrogen) atoms. The largest absolute Gasteiger partial charge is 0.345 e. The van der Waals surface area contributed by atoms with E-state index in [9.17, 15) is 9.59 Å². The number of likely N-dealkylation sites (tertiary alicyclic amines) is 1. The number of H-pyrrole nitrogens is 1. The number of hydrogen-bond donors (Lipinski definition) is 1. The Hall–Kier alpha value is -1.85. The normalized spacial score (nSPS) is 19.8. The van der Waals surface area contributed by atoms with Crippen LogP contribution < -0.4 is 0 Å². The van der Waals surface area contributed by atoms with Crippen LogP contribution in [-0.2, 0) is 16.1 Å². The summed E-state index contributed by atoms with van der Waals surface area (Å²) >= 11 is 0. The van der Waals surface area contributed by atoms with Crippen LogP contribution in [0.15, 0.2) is 12.4 Å². The number of nitrogens with one attached hydrogen (secondary N) is 1. The van der Waals surface area contributed by atoms with Gasteiger partial charge in [0.2, 0.25) is 11.8 Å². The Bertz CT molecular complexity index is 415. The fourth-order valence-electron chi connectivity index (χ4n) is 2.06. The third-order valence-electron chi connectivity index (χ3n) is 3.04. The monoisotopic (exact) mass is 236 g/mol. The summed E-state index contributed by atoms with van der Waals surface area (Å²) < 4.78 is 0. The number of rotatable bonds is 3. The molecule has 1 saturated heterocycles. The molecule has 0 spiro atoms. The summed E-state index contributed by atoms with van der Waals surface area (Å²) in [4.78, 5) is 26.7. The van der Waals surface area contributed by atoms with Crippen LogP contribution in [0.25, 0.3) is 0 Å². The second-order valence-electron chi connectivity index (χ2n) is 4.48. The minimum absolute atomic E-state index is 0.0175. The molecule has 0 aliphatic carbocycles. The fraction of sp³-hybridized carbons (Fsp3) is 0.545. The standard InChI is InChI=1S/C11H16N4O2/c1-14-7-9(3-10(14)16)11(17)15(2)6-8-4-12-13-5-8/h4-5,9H,3,6-7H2,1-2H3,(H,12,13). The lowest BCUT2D eigenvalue weighted by molar-refractivity contribution is -0.135. The van der Waals surface area contributed by atoms with Crippen molar-refractivity contribution in [1.29, 1.82) is 0 Å². The molecular formula is C11H16N4O2. The minimum atomic E-state index is -0.204. The average molecular weight is 236 g/mol. The van der Waals surface area contributed by atoms with Gasteiger partial charge >= 0.3 is 0 Å². The van der Waals surface area contributed by atoms with Crippen LogP contribution in [-0.4, -0.2) is 52.5 Å². The van der Waals surface area contributed by atoms with Crippen LogP contribution in [0.2, 0.25) is 0 Å². The molecule has 1 aromatic rings. The maximum atomic E-state index is 12.1. The highest BCUT2D eigenvalue weighted by Crippen LogP contribution is 2.18. The Labute approximate surface area is 99.6 Å². The topological polar surface area (TPSA) is 69.3 Å². The van der Waals surface area contributed by atoms with E-state index in [2.05, 4.69) is 10.2 Å². The number of amides is 2. The zero-order valence-corrected chi connectivity index (χ0v) is 10.0. The third kappa shape index (κ3) is 2.46. The lowest BCUT2D eigenvalue weighted by atomic mass is 10.1. The molecule has 1 aliphatic heterocycles. The molecule has 0 saturated carbocycles. The predicted octanol–water partition coefficient (Wildman–Crippen LogP) is -0.154. The van der Waals surface area contributed by atoms with Gasteiger partial charge in [-0.05, 0) is 0 Å². The third-order valence-corrected chi connectivity index (χ3v) is 3.04. The van der Waals surface area contributed by atoms with E-state index in [1.54, 1.807) is 36.3 Å². The van der Waals surface area contributed by atoms with E-state index in [4.69, 9.17) is 0 Å². The van der Waals surface area contributed by atoms with E-state index in [0.29, 0.717) is 19.5 Å². The molecule has 1 aromatic heterocycles. The molecular weight excluding hydrogens is 220 g/mol. The molecule has 1 unspecified atom stereocenters. The number of carbonyl (C=O) groups excluding carboxylic acids is 2. The molecule has 0 radical (unpaired) electrons. The van der Waals surface area contributed by atoms with Crippen LogP contribution in [0.5, 0.6) is 0 Å². The molecule has 6 nitrogen and oxygen atoms in total. The zero-order chi connectivity index (χ0) is 12.4. The summed E-state index contributed by atoms with van der Waals surface area (Å²) in [5.74, 6) is -0.145. The van der Waals surface area contributed by atoms with E-state index in [-0.39, 0.29) is 17.7 Å². The maximum Gasteiger partial charge on any atom is 0.228 e. The van der Waals surface area contributed by atoms with E-state index < -0.39 is 0 Å². The van der Waals surface area contributed by atoms with Gasteiger partial charge in [0.15, 0.2) is 0 Å². The van der Waals surface area contributed by atoms with Crippen LogP contribution >= 0.6 is 0 Å². The summed E-state index contributed by atoms with van der Waals surface area (Å²) in [5.41, 5.74) is 0.957. The van der Waals surface area contributed by atoms with Crippen LogP contribution in [0.4, 0.5) is 0 Å². The highest BCUT2D eigenvalue weighted by molar-refractivity contribution is 5.89. The van der Waals surface area contributed by atoms with Crippen molar-refractivity contribution >= 4 is 11.8 Å². The van der Waals surface area contributed by atoms with Crippen molar-refractivity contribution in [2.75, 3.05) is 20.6 Å². The Morgan fingerprint density at radius 1 is 1.71 bits per heavy atom. The number of aromatic nitrogens is 2. The first kappa shape index (κ1) is 11.6. The van der Waals surface area contributed by atoms with Crippen molar-refractivity contribution in [1.82, 2.24) is 20.0 Å². The molecule has 2 amide bonds. The smallest absolute Gasteiger partial charge is 0.228 e. The highest BCUT2D eigenvalue weighted by atomic mass is 16.2. The number of aromatic amines is 1. The van der Waals surface area contributed by atoms with E-state index >= 15 is 0 Å². The Kier molecular flexibility index (Phi) is 3.12.